The van der Waals surface area contributed by atoms with Crippen LogP contribution >= 0.6 is 0 Å². The maximum absolute atomic E-state index is 6.48. The molecule has 7 aromatic rings. The molecule has 2 aromatic heterocycles. The average molecular weight is 424 g/mol. The summed E-state index contributed by atoms with van der Waals surface area (Å²) in [5, 5.41) is 4.74. The Hall–Kier alpha value is -4.30. The molecule has 0 radical (unpaired) electrons. The van der Waals surface area contributed by atoms with Gasteiger partial charge < -0.3 is 8.98 Å². The number of benzene rings is 5. The summed E-state index contributed by atoms with van der Waals surface area (Å²) >= 11 is 0. The van der Waals surface area contributed by atoms with Gasteiger partial charge in [-0.2, -0.15) is 0 Å². The Morgan fingerprint density at radius 1 is 0.576 bits per heavy atom. The van der Waals surface area contributed by atoms with Crippen molar-refractivity contribution in [1.82, 2.24) is 4.57 Å². The van der Waals surface area contributed by atoms with Gasteiger partial charge in [-0.15, -0.1) is 0 Å². The zero-order valence-electron chi connectivity index (χ0n) is 18.2. The molecule has 156 valence electrons. The third-order valence-electron chi connectivity index (χ3n) is 6.67. The number of para-hydroxylation sites is 1. The molecule has 0 bridgehead atoms. The van der Waals surface area contributed by atoms with Crippen LogP contribution in [0.15, 0.2) is 114 Å². The van der Waals surface area contributed by atoms with Crippen LogP contribution in [0.3, 0.4) is 0 Å². The topological polar surface area (TPSA) is 18.1 Å². The van der Waals surface area contributed by atoms with Crippen LogP contribution < -0.4 is 0 Å². The molecule has 0 N–H and O–H groups in total. The second-order valence-electron chi connectivity index (χ2n) is 8.71. The number of furan rings is 1. The van der Waals surface area contributed by atoms with Crippen LogP contribution in [0.25, 0.3) is 60.6 Å². The highest BCUT2D eigenvalue weighted by molar-refractivity contribution is 6.21. The largest absolute Gasteiger partial charge is 0.454 e. The highest BCUT2D eigenvalue weighted by Crippen LogP contribution is 2.41. The highest BCUT2D eigenvalue weighted by atomic mass is 16.3. The molecule has 0 unspecified atom stereocenters. The van der Waals surface area contributed by atoms with E-state index in [0.29, 0.717) is 0 Å². The van der Waals surface area contributed by atoms with E-state index < -0.39 is 0 Å². The number of hydrogen-bond donors (Lipinski definition) is 0. The summed E-state index contributed by atoms with van der Waals surface area (Å²) in [7, 11) is 0. The summed E-state index contributed by atoms with van der Waals surface area (Å²) in [6.07, 6.45) is 0. The molecule has 5 aromatic carbocycles. The van der Waals surface area contributed by atoms with Crippen molar-refractivity contribution in [1.29, 1.82) is 0 Å². The number of hydrogen-bond acceptors (Lipinski definition) is 1. The molecule has 0 saturated heterocycles. The summed E-state index contributed by atoms with van der Waals surface area (Å²) in [6.45, 7) is 2.12. The first-order valence-electron chi connectivity index (χ1n) is 11.3. The Morgan fingerprint density at radius 3 is 2.18 bits per heavy atom. The molecule has 2 heterocycles. The minimum absolute atomic E-state index is 0.922. The van der Waals surface area contributed by atoms with Crippen molar-refractivity contribution in [2.75, 3.05) is 0 Å². The van der Waals surface area contributed by atoms with Gasteiger partial charge in [0.2, 0.25) is 0 Å². The van der Waals surface area contributed by atoms with E-state index in [2.05, 4.69) is 109 Å². The van der Waals surface area contributed by atoms with Crippen molar-refractivity contribution in [3.05, 3.63) is 115 Å². The third kappa shape index (κ3) is 2.68. The van der Waals surface area contributed by atoms with Crippen LogP contribution in [0.1, 0.15) is 5.56 Å². The van der Waals surface area contributed by atoms with Crippen molar-refractivity contribution in [3.63, 3.8) is 0 Å². The van der Waals surface area contributed by atoms with E-state index in [-0.39, 0.29) is 0 Å². The van der Waals surface area contributed by atoms with Gasteiger partial charge in [0.25, 0.3) is 0 Å². The van der Waals surface area contributed by atoms with Crippen LogP contribution in [0.4, 0.5) is 0 Å². The number of aryl methyl sites for hydroxylation is 1. The molecule has 0 atom stereocenters. The van der Waals surface area contributed by atoms with Gasteiger partial charge in [-0.3, -0.25) is 0 Å². The molecule has 2 heteroatoms. The summed E-state index contributed by atoms with van der Waals surface area (Å²) in [5.41, 5.74) is 8.99. The quantitative estimate of drug-likeness (QED) is 0.272. The lowest BCUT2D eigenvalue weighted by Gasteiger charge is -2.09. The lowest BCUT2D eigenvalue weighted by atomic mass is 10.0. The Morgan fingerprint density at radius 2 is 1.33 bits per heavy atom. The number of aromatic nitrogens is 1. The van der Waals surface area contributed by atoms with Crippen molar-refractivity contribution >= 4 is 43.7 Å². The van der Waals surface area contributed by atoms with Gasteiger partial charge in [0.1, 0.15) is 5.58 Å². The maximum atomic E-state index is 6.48. The van der Waals surface area contributed by atoms with Crippen molar-refractivity contribution in [2.24, 2.45) is 0 Å². The van der Waals surface area contributed by atoms with Crippen molar-refractivity contribution in [2.45, 2.75) is 6.92 Å². The highest BCUT2D eigenvalue weighted by Gasteiger charge is 2.19. The Balaban J connectivity index is 1.65. The van der Waals surface area contributed by atoms with Crippen LogP contribution in [-0.4, -0.2) is 4.57 Å². The fourth-order valence-electron chi connectivity index (χ4n) is 5.05. The van der Waals surface area contributed by atoms with Gasteiger partial charge in [0.15, 0.2) is 5.58 Å². The molecular formula is C31H21NO. The number of nitrogens with zero attached hydrogens (tertiary/aromatic N) is 1. The first-order valence-corrected chi connectivity index (χ1v) is 11.3. The first kappa shape index (κ1) is 18.3. The average Bonchev–Trinajstić information content (AvgIpc) is 3.40. The van der Waals surface area contributed by atoms with E-state index in [1.54, 1.807) is 0 Å². The molecule has 0 saturated carbocycles. The lowest BCUT2D eigenvalue weighted by molar-refractivity contribution is 0.671. The van der Waals surface area contributed by atoms with Gasteiger partial charge in [0, 0.05) is 27.2 Å². The van der Waals surface area contributed by atoms with Crippen molar-refractivity contribution < 1.29 is 4.42 Å². The summed E-state index contributed by atoms with van der Waals surface area (Å²) in [6, 6.07) is 38.8. The van der Waals surface area contributed by atoms with E-state index in [1.165, 1.54) is 33.0 Å². The van der Waals surface area contributed by atoms with Crippen LogP contribution in [0, 0.1) is 6.92 Å². The lowest BCUT2D eigenvalue weighted by Crippen LogP contribution is -1.94. The second-order valence-corrected chi connectivity index (χ2v) is 8.71. The number of rotatable bonds is 2. The first-order chi connectivity index (χ1) is 16.3. The fourth-order valence-corrected chi connectivity index (χ4v) is 5.05. The monoisotopic (exact) mass is 423 g/mol. The molecule has 0 aliphatic heterocycles. The minimum Gasteiger partial charge on any atom is -0.454 e. The maximum Gasteiger partial charge on any atom is 0.160 e. The fraction of sp³-hybridized carbons (Fsp3) is 0.0323. The standard InChI is InChI=1S/C31H21NO/c1-20-11-14-23(15-12-20)32-28-18-13-22(21-7-3-2-4-8-21)19-27(28)25-16-17-26-24-9-5-6-10-29(24)33-31(26)30(25)32/h2-19H,1H3. The Labute approximate surface area is 191 Å². The zero-order valence-corrected chi connectivity index (χ0v) is 18.2. The zero-order chi connectivity index (χ0) is 21.9. The van der Waals surface area contributed by atoms with Crippen LogP contribution in [-0.2, 0) is 0 Å². The summed E-state index contributed by atoms with van der Waals surface area (Å²) < 4.78 is 8.83. The summed E-state index contributed by atoms with van der Waals surface area (Å²) in [5.74, 6) is 0. The smallest absolute Gasteiger partial charge is 0.160 e. The predicted molar refractivity (Wildman–Crippen MR) is 138 cm³/mol. The number of fused-ring (bicyclic) bond motifs is 7. The molecule has 0 aliphatic carbocycles. The molecule has 0 amide bonds. The van der Waals surface area contributed by atoms with E-state index in [9.17, 15) is 0 Å². The molecule has 0 aliphatic rings. The van der Waals surface area contributed by atoms with Gasteiger partial charge in [-0.05, 0) is 54.4 Å². The Bertz CT molecular complexity index is 1800. The van der Waals surface area contributed by atoms with Gasteiger partial charge in [-0.25, -0.2) is 0 Å². The van der Waals surface area contributed by atoms with Crippen molar-refractivity contribution in [3.8, 4) is 16.8 Å². The normalized spacial score (nSPS) is 11.8. The van der Waals surface area contributed by atoms with Gasteiger partial charge in [-0.1, -0.05) is 78.4 Å². The molecule has 7 rings (SSSR count). The second kappa shape index (κ2) is 6.85. The molecule has 2 nitrogen and oxygen atoms in total. The summed E-state index contributed by atoms with van der Waals surface area (Å²) in [4.78, 5) is 0. The van der Waals surface area contributed by atoms with E-state index in [1.807, 2.05) is 12.1 Å². The Kier molecular flexibility index (Phi) is 3.80. The van der Waals surface area contributed by atoms with Gasteiger partial charge >= 0.3 is 0 Å². The van der Waals surface area contributed by atoms with E-state index in [0.717, 1.165) is 33.1 Å². The minimum atomic E-state index is 0.922. The molecular weight excluding hydrogens is 402 g/mol. The third-order valence-corrected chi connectivity index (χ3v) is 6.67. The SMILES string of the molecule is Cc1ccc(-n2c3ccc(-c4ccccc4)cc3c3ccc4c5ccccc5oc4c32)cc1. The van der Waals surface area contributed by atoms with Gasteiger partial charge in [0.05, 0.1) is 11.0 Å². The molecule has 33 heavy (non-hydrogen) atoms. The molecule has 0 spiro atoms. The van der Waals surface area contributed by atoms with E-state index >= 15 is 0 Å². The van der Waals surface area contributed by atoms with Crippen LogP contribution in [0.2, 0.25) is 0 Å². The predicted octanol–water partition coefficient (Wildman–Crippen LogP) is 8.66. The molecule has 0 fully saturated rings. The van der Waals surface area contributed by atoms with E-state index in [4.69, 9.17) is 4.42 Å². The van der Waals surface area contributed by atoms with Crippen LogP contribution in [0.5, 0.6) is 0 Å².